The Hall–Kier alpha value is -3.55. The number of hydrogen-bond donors (Lipinski definition) is 2. The largest absolute Gasteiger partial charge is 0.444 e. The van der Waals surface area contributed by atoms with Gasteiger partial charge in [-0.25, -0.2) is 14.0 Å². The van der Waals surface area contributed by atoms with Gasteiger partial charge in [-0.2, -0.15) is 26.3 Å². The van der Waals surface area contributed by atoms with Gasteiger partial charge in [0.1, 0.15) is 11.9 Å². The van der Waals surface area contributed by atoms with Crippen LogP contribution >= 0.6 is 0 Å². The molecule has 3 amide bonds. The number of ether oxygens (including phenoxy) is 1. The number of aryl methyl sites for hydroxylation is 1. The minimum atomic E-state index is -5.05. The number of rotatable bonds is 6. The lowest BCUT2D eigenvalue weighted by molar-refractivity contribution is -0.143. The highest BCUT2D eigenvalue weighted by molar-refractivity contribution is 5.76. The molecule has 7 nitrogen and oxygen atoms in total. The van der Waals surface area contributed by atoms with Crippen molar-refractivity contribution in [3.8, 4) is 0 Å². The first kappa shape index (κ1) is 33.0. The molecule has 0 aliphatic carbocycles. The number of amides is 3. The zero-order chi connectivity index (χ0) is 31.6. The molecule has 2 aromatic carbocycles. The van der Waals surface area contributed by atoms with Crippen molar-refractivity contribution >= 4 is 12.1 Å². The van der Waals surface area contributed by atoms with Crippen LogP contribution in [0.25, 0.3) is 0 Å². The molecule has 1 saturated heterocycles. The summed E-state index contributed by atoms with van der Waals surface area (Å²) in [5.74, 6) is -0.517. The summed E-state index contributed by atoms with van der Waals surface area (Å²) in [5.41, 5.74) is -2.30. The molecule has 0 radical (unpaired) electrons. The third-order valence-corrected chi connectivity index (χ3v) is 7.30. The predicted octanol–water partition coefficient (Wildman–Crippen LogP) is 6.60. The average molecular weight is 608 g/mol. The highest BCUT2D eigenvalue weighted by Crippen LogP contribution is 2.39. The minimum absolute atomic E-state index is 0.0233. The molecule has 2 N–H and O–H groups in total. The van der Waals surface area contributed by atoms with Gasteiger partial charge in [0.25, 0.3) is 0 Å². The summed E-state index contributed by atoms with van der Waals surface area (Å²) in [6, 6.07) is 2.04. The number of halogens is 7. The topological polar surface area (TPSA) is 82.1 Å². The molecule has 0 bridgehead atoms. The number of urea groups is 1. The van der Waals surface area contributed by atoms with E-state index in [1.54, 1.807) is 6.92 Å². The summed E-state index contributed by atoms with van der Waals surface area (Å²) < 4.78 is 99.6. The molecule has 4 atom stereocenters. The fraction of sp³-hybridized carbons (Fsp3) is 0.500. The van der Waals surface area contributed by atoms with E-state index in [2.05, 4.69) is 5.32 Å². The molecule has 0 saturated carbocycles. The molecule has 1 fully saturated rings. The standard InChI is InChI=1S/C28H32F7N3O4/c1-15-9-21(29)5-6-23(15)24-13-22(36-25(40)42-16(2)14-39)7-8-38(24)26(41)37(4)17(3)18-10-19(27(30,31)32)12-20(11-18)28(33,34)35/h5-6,9-12,16-17,22,24,39H,7-8,13-14H2,1-4H3,(H,36,40)/t16?,17?,22-,24+/m0/s1. The lowest BCUT2D eigenvalue weighted by atomic mass is 9.89. The van der Waals surface area contributed by atoms with Gasteiger partial charge < -0.3 is 25.0 Å². The van der Waals surface area contributed by atoms with Crippen molar-refractivity contribution < 1.29 is 50.2 Å². The van der Waals surface area contributed by atoms with Crippen LogP contribution < -0.4 is 5.32 Å². The normalized spacial score (nSPS) is 19.2. The Morgan fingerprint density at radius 2 is 1.67 bits per heavy atom. The number of alkyl halides is 6. The molecular weight excluding hydrogens is 575 g/mol. The van der Waals surface area contributed by atoms with Gasteiger partial charge in [-0.3, -0.25) is 0 Å². The second-order valence-electron chi connectivity index (χ2n) is 10.4. The number of aliphatic hydroxyl groups excluding tert-OH is 1. The number of carbonyl (C=O) groups excluding carboxylic acids is 2. The maximum absolute atomic E-state index is 13.9. The first-order chi connectivity index (χ1) is 19.4. The number of benzene rings is 2. The molecule has 1 aliphatic rings. The van der Waals surface area contributed by atoms with Gasteiger partial charge in [0.15, 0.2) is 0 Å². The Labute approximate surface area is 238 Å². The Morgan fingerprint density at radius 1 is 1.07 bits per heavy atom. The first-order valence-electron chi connectivity index (χ1n) is 13.1. The Balaban J connectivity index is 1.93. The smallest absolute Gasteiger partial charge is 0.416 e. The second-order valence-corrected chi connectivity index (χ2v) is 10.4. The molecule has 1 heterocycles. The van der Waals surface area contributed by atoms with E-state index in [1.807, 2.05) is 0 Å². The maximum atomic E-state index is 13.9. The number of alkyl carbamates (subject to hydrolysis) is 1. The molecule has 2 unspecified atom stereocenters. The third kappa shape index (κ3) is 7.84. The summed E-state index contributed by atoms with van der Waals surface area (Å²) in [6.45, 7) is 4.10. The molecule has 3 rings (SSSR count). The Bertz CT molecular complexity index is 1250. The number of aliphatic hydroxyl groups is 1. The number of carbonyl (C=O) groups is 2. The molecule has 42 heavy (non-hydrogen) atoms. The first-order valence-corrected chi connectivity index (χ1v) is 13.1. The second kappa shape index (κ2) is 12.8. The Kier molecular flexibility index (Phi) is 10.0. The SMILES string of the molecule is Cc1cc(F)ccc1[C@H]1C[C@@H](NC(=O)OC(C)CO)CCN1C(=O)N(C)C(C)c1cc(C(F)(F)F)cc(C(F)(F)F)c1. The zero-order valence-corrected chi connectivity index (χ0v) is 23.3. The summed E-state index contributed by atoms with van der Waals surface area (Å²) in [4.78, 5) is 28.4. The van der Waals surface area contributed by atoms with Crippen LogP contribution in [0.2, 0.25) is 0 Å². The lowest BCUT2D eigenvalue weighted by Crippen LogP contribution is -2.52. The van der Waals surface area contributed by atoms with Crippen molar-refractivity contribution in [3.63, 3.8) is 0 Å². The highest BCUT2D eigenvalue weighted by Gasteiger charge is 2.40. The fourth-order valence-corrected chi connectivity index (χ4v) is 4.87. The number of hydrogen-bond acceptors (Lipinski definition) is 4. The van der Waals surface area contributed by atoms with Gasteiger partial charge >= 0.3 is 24.5 Å². The zero-order valence-electron chi connectivity index (χ0n) is 23.3. The minimum Gasteiger partial charge on any atom is -0.444 e. The van der Waals surface area contributed by atoms with Gasteiger partial charge in [-0.05, 0) is 80.6 Å². The van der Waals surface area contributed by atoms with Gasteiger partial charge in [-0.1, -0.05) is 6.07 Å². The predicted molar refractivity (Wildman–Crippen MR) is 138 cm³/mol. The summed E-state index contributed by atoms with van der Waals surface area (Å²) in [5, 5.41) is 11.8. The quantitative estimate of drug-likeness (QED) is 0.363. The van der Waals surface area contributed by atoms with Crippen LogP contribution in [0.3, 0.4) is 0 Å². The van der Waals surface area contributed by atoms with Crippen molar-refractivity contribution in [1.82, 2.24) is 15.1 Å². The monoisotopic (exact) mass is 607 g/mol. The van der Waals surface area contributed by atoms with Crippen LogP contribution in [-0.4, -0.2) is 59.4 Å². The fourth-order valence-electron chi connectivity index (χ4n) is 4.87. The van der Waals surface area contributed by atoms with Crippen molar-refractivity contribution in [2.45, 2.75) is 70.2 Å². The molecule has 0 spiro atoms. The van der Waals surface area contributed by atoms with Gasteiger partial charge in [0, 0.05) is 19.6 Å². The van der Waals surface area contributed by atoms with Crippen LogP contribution in [0.5, 0.6) is 0 Å². The molecule has 14 heteroatoms. The van der Waals surface area contributed by atoms with Crippen LogP contribution in [0.4, 0.5) is 40.3 Å². The molecule has 0 aromatic heterocycles. The van der Waals surface area contributed by atoms with Crippen molar-refractivity contribution in [2.75, 3.05) is 20.2 Å². The van der Waals surface area contributed by atoms with Crippen LogP contribution in [0.15, 0.2) is 36.4 Å². The summed E-state index contributed by atoms with van der Waals surface area (Å²) in [6.07, 6.45) is -11.2. The molecular formula is C28H32F7N3O4. The van der Waals surface area contributed by atoms with Crippen molar-refractivity contribution in [1.29, 1.82) is 0 Å². The van der Waals surface area contributed by atoms with Crippen LogP contribution in [-0.2, 0) is 17.1 Å². The third-order valence-electron chi connectivity index (χ3n) is 7.30. The van der Waals surface area contributed by atoms with Crippen molar-refractivity contribution in [3.05, 3.63) is 70.0 Å². The van der Waals surface area contributed by atoms with Gasteiger partial charge in [0.2, 0.25) is 0 Å². The Morgan fingerprint density at radius 3 is 2.19 bits per heavy atom. The number of nitrogens with one attached hydrogen (secondary N) is 1. The van der Waals surface area contributed by atoms with Gasteiger partial charge in [-0.15, -0.1) is 0 Å². The average Bonchev–Trinajstić information content (AvgIpc) is 2.90. The van der Waals surface area contributed by atoms with Crippen LogP contribution in [0.1, 0.15) is 66.6 Å². The highest BCUT2D eigenvalue weighted by atomic mass is 19.4. The molecule has 1 aliphatic heterocycles. The van der Waals surface area contributed by atoms with E-state index < -0.39 is 72.3 Å². The van der Waals surface area contributed by atoms with Crippen LogP contribution in [0, 0.1) is 12.7 Å². The number of nitrogens with zero attached hydrogens (tertiary/aromatic N) is 2. The summed E-state index contributed by atoms with van der Waals surface area (Å²) in [7, 11) is 1.27. The maximum Gasteiger partial charge on any atom is 0.416 e. The van der Waals surface area contributed by atoms with E-state index in [4.69, 9.17) is 9.84 Å². The lowest BCUT2D eigenvalue weighted by Gasteiger charge is -2.43. The van der Waals surface area contributed by atoms with E-state index in [1.165, 1.54) is 44.0 Å². The van der Waals surface area contributed by atoms with Crippen molar-refractivity contribution in [2.24, 2.45) is 0 Å². The number of likely N-dealkylation sites (tertiary alicyclic amines) is 1. The van der Waals surface area contributed by atoms with E-state index in [-0.39, 0.29) is 31.0 Å². The van der Waals surface area contributed by atoms with E-state index in [0.29, 0.717) is 23.3 Å². The van der Waals surface area contributed by atoms with E-state index in [9.17, 15) is 40.3 Å². The summed E-state index contributed by atoms with van der Waals surface area (Å²) >= 11 is 0. The van der Waals surface area contributed by atoms with Gasteiger partial charge in [0.05, 0.1) is 29.8 Å². The molecule has 232 valence electrons. The molecule has 2 aromatic rings. The number of piperidine rings is 1. The van der Waals surface area contributed by atoms with E-state index >= 15 is 0 Å². The van der Waals surface area contributed by atoms with E-state index in [0.717, 1.165) is 4.90 Å².